The summed E-state index contributed by atoms with van der Waals surface area (Å²) in [5.41, 5.74) is 0.781. The number of aromatic nitrogens is 2. The number of fused-ring (bicyclic) bond motifs is 1. The molecule has 2 heterocycles. The van der Waals surface area contributed by atoms with Gasteiger partial charge in [-0.2, -0.15) is 0 Å². The van der Waals surface area contributed by atoms with Gasteiger partial charge < -0.3 is 20.6 Å². The second kappa shape index (κ2) is 10.4. The molecular formula is C28H33N5O5. The number of rotatable bonds is 6. The number of anilines is 1. The molecule has 0 radical (unpaired) electrons. The standard InChI is InChI=1S/C28H33N5O5/c1-17(2)33-23-11-10-20(14-21(23)26(36)32(28(33)38)15-18-8-9-18)29-27(37)31-13-12-24(34)22(16-31)30-25(35)19-6-4-3-5-7-19/h3-7,10-11,14,17-18,22,24,34H,8-9,12-13,15-16H2,1-2H3,(H,29,37)(H,30,35)/t22-,24-/m0/s1. The van der Waals surface area contributed by atoms with E-state index in [1.807, 2.05) is 19.9 Å². The van der Waals surface area contributed by atoms with Crippen molar-refractivity contribution in [3.8, 4) is 0 Å². The number of nitrogens with one attached hydrogen (secondary N) is 2. The Morgan fingerprint density at radius 3 is 2.47 bits per heavy atom. The van der Waals surface area contributed by atoms with Crippen LogP contribution in [0, 0.1) is 5.92 Å². The summed E-state index contributed by atoms with van der Waals surface area (Å²) in [4.78, 5) is 53.6. The summed E-state index contributed by atoms with van der Waals surface area (Å²) in [6.45, 7) is 4.67. The summed E-state index contributed by atoms with van der Waals surface area (Å²) in [5, 5.41) is 16.5. The molecule has 0 bridgehead atoms. The molecule has 1 aliphatic heterocycles. The van der Waals surface area contributed by atoms with Gasteiger partial charge in [0.25, 0.3) is 11.5 Å². The Morgan fingerprint density at radius 2 is 1.79 bits per heavy atom. The molecule has 1 aromatic heterocycles. The maximum Gasteiger partial charge on any atom is 0.331 e. The fraction of sp³-hybridized carbons (Fsp3) is 0.429. The molecule has 2 aromatic carbocycles. The first-order valence-electron chi connectivity index (χ1n) is 13.1. The molecule has 2 aliphatic rings. The SMILES string of the molecule is CC(C)n1c(=O)n(CC2CC2)c(=O)c2cc(NC(=O)N3CC[C@H](O)[C@@H](NC(=O)c4ccccc4)C3)ccc21. The lowest BCUT2D eigenvalue weighted by Gasteiger charge is -2.36. The predicted octanol–water partition coefficient (Wildman–Crippen LogP) is 2.55. The molecule has 1 saturated carbocycles. The summed E-state index contributed by atoms with van der Waals surface area (Å²) >= 11 is 0. The number of hydrogen-bond donors (Lipinski definition) is 3. The van der Waals surface area contributed by atoms with Gasteiger partial charge in [-0.3, -0.25) is 18.7 Å². The van der Waals surface area contributed by atoms with Crippen LogP contribution in [0.25, 0.3) is 10.9 Å². The zero-order chi connectivity index (χ0) is 27.0. The molecule has 200 valence electrons. The Bertz CT molecular complexity index is 1470. The maximum atomic E-state index is 13.3. The van der Waals surface area contributed by atoms with Crippen molar-refractivity contribution in [3.63, 3.8) is 0 Å². The molecule has 2 atom stereocenters. The second-order valence-corrected chi connectivity index (χ2v) is 10.5. The molecule has 1 saturated heterocycles. The normalized spacial score (nSPS) is 19.5. The van der Waals surface area contributed by atoms with E-state index in [9.17, 15) is 24.3 Å². The third-order valence-corrected chi connectivity index (χ3v) is 7.29. The Labute approximate surface area is 219 Å². The van der Waals surface area contributed by atoms with E-state index in [0.717, 1.165) is 12.8 Å². The lowest BCUT2D eigenvalue weighted by molar-refractivity contribution is 0.0549. The highest BCUT2D eigenvalue weighted by molar-refractivity contribution is 5.95. The number of urea groups is 1. The van der Waals surface area contributed by atoms with Crippen molar-refractivity contribution in [3.05, 3.63) is 74.9 Å². The highest BCUT2D eigenvalue weighted by Crippen LogP contribution is 2.30. The quantitative estimate of drug-likeness (QED) is 0.462. The number of piperidine rings is 1. The monoisotopic (exact) mass is 519 g/mol. The number of likely N-dealkylation sites (tertiary alicyclic amines) is 1. The molecule has 1 aliphatic carbocycles. The van der Waals surface area contributed by atoms with E-state index < -0.39 is 18.2 Å². The number of carbonyl (C=O) groups excluding carboxylic acids is 2. The third-order valence-electron chi connectivity index (χ3n) is 7.29. The van der Waals surface area contributed by atoms with Gasteiger partial charge in [-0.25, -0.2) is 9.59 Å². The van der Waals surface area contributed by atoms with Crippen molar-refractivity contribution in [2.24, 2.45) is 5.92 Å². The Kier molecular flexibility index (Phi) is 7.07. The van der Waals surface area contributed by atoms with Crippen LogP contribution in [0.2, 0.25) is 0 Å². The van der Waals surface area contributed by atoms with Crippen molar-refractivity contribution in [2.45, 2.75) is 57.8 Å². The van der Waals surface area contributed by atoms with Crippen LogP contribution in [0.5, 0.6) is 0 Å². The van der Waals surface area contributed by atoms with Crippen molar-refractivity contribution in [2.75, 3.05) is 18.4 Å². The minimum Gasteiger partial charge on any atom is -0.391 e. The van der Waals surface area contributed by atoms with Crippen LogP contribution in [0.4, 0.5) is 10.5 Å². The highest BCUT2D eigenvalue weighted by Gasteiger charge is 2.32. The summed E-state index contributed by atoms with van der Waals surface area (Å²) < 4.78 is 2.94. The molecular weight excluding hydrogens is 486 g/mol. The van der Waals surface area contributed by atoms with Gasteiger partial charge in [0.05, 0.1) is 23.0 Å². The topological polar surface area (TPSA) is 126 Å². The van der Waals surface area contributed by atoms with Crippen LogP contribution >= 0.6 is 0 Å². The van der Waals surface area contributed by atoms with E-state index in [1.54, 1.807) is 47.0 Å². The molecule has 38 heavy (non-hydrogen) atoms. The first-order valence-corrected chi connectivity index (χ1v) is 13.1. The summed E-state index contributed by atoms with van der Waals surface area (Å²) in [7, 11) is 0. The van der Waals surface area contributed by atoms with E-state index in [2.05, 4.69) is 10.6 Å². The van der Waals surface area contributed by atoms with Crippen molar-refractivity contribution in [1.29, 1.82) is 0 Å². The smallest absolute Gasteiger partial charge is 0.331 e. The van der Waals surface area contributed by atoms with Crippen LogP contribution in [0.1, 0.15) is 49.5 Å². The van der Waals surface area contributed by atoms with Gasteiger partial charge in [0.15, 0.2) is 0 Å². The van der Waals surface area contributed by atoms with Gasteiger partial charge in [0, 0.05) is 36.9 Å². The van der Waals surface area contributed by atoms with Crippen LogP contribution in [0.3, 0.4) is 0 Å². The van der Waals surface area contributed by atoms with Gasteiger partial charge >= 0.3 is 11.7 Å². The van der Waals surface area contributed by atoms with Gasteiger partial charge in [-0.15, -0.1) is 0 Å². The first kappa shape index (κ1) is 25.7. The van der Waals surface area contributed by atoms with Gasteiger partial charge in [-0.05, 0) is 69.4 Å². The molecule has 5 rings (SSSR count). The van der Waals surface area contributed by atoms with Crippen LogP contribution < -0.4 is 21.9 Å². The largest absolute Gasteiger partial charge is 0.391 e. The second-order valence-electron chi connectivity index (χ2n) is 10.5. The lowest BCUT2D eigenvalue weighted by Crippen LogP contribution is -2.57. The van der Waals surface area contributed by atoms with E-state index in [4.69, 9.17) is 0 Å². The molecule has 3 aromatic rings. The fourth-order valence-electron chi connectivity index (χ4n) is 4.99. The van der Waals surface area contributed by atoms with Crippen molar-refractivity contribution in [1.82, 2.24) is 19.4 Å². The van der Waals surface area contributed by atoms with Gasteiger partial charge in [0.2, 0.25) is 0 Å². The number of aliphatic hydroxyl groups is 1. The highest BCUT2D eigenvalue weighted by atomic mass is 16.3. The van der Waals surface area contributed by atoms with Crippen LogP contribution in [0.15, 0.2) is 58.1 Å². The number of amides is 3. The average Bonchev–Trinajstić information content (AvgIpc) is 3.73. The summed E-state index contributed by atoms with van der Waals surface area (Å²) in [5.74, 6) is 0.0382. The third kappa shape index (κ3) is 5.22. The fourth-order valence-corrected chi connectivity index (χ4v) is 4.99. The molecule has 10 heteroatoms. The van der Waals surface area contributed by atoms with E-state index >= 15 is 0 Å². The minimum absolute atomic E-state index is 0.139. The van der Waals surface area contributed by atoms with Crippen LogP contribution in [-0.2, 0) is 6.54 Å². The zero-order valence-electron chi connectivity index (χ0n) is 21.6. The van der Waals surface area contributed by atoms with Crippen LogP contribution in [-0.4, -0.2) is 56.3 Å². The molecule has 2 fully saturated rings. The number of carbonyl (C=O) groups is 2. The Morgan fingerprint density at radius 1 is 1.05 bits per heavy atom. The van der Waals surface area contributed by atoms with Crippen molar-refractivity contribution < 1.29 is 14.7 Å². The Balaban J connectivity index is 1.35. The molecule has 3 N–H and O–H groups in total. The Hall–Kier alpha value is -3.92. The average molecular weight is 520 g/mol. The first-order chi connectivity index (χ1) is 18.2. The number of benzene rings is 2. The zero-order valence-corrected chi connectivity index (χ0v) is 21.6. The maximum absolute atomic E-state index is 13.3. The van der Waals surface area contributed by atoms with E-state index in [-0.39, 0.29) is 29.7 Å². The molecule has 10 nitrogen and oxygen atoms in total. The minimum atomic E-state index is -0.773. The molecule has 0 unspecified atom stereocenters. The summed E-state index contributed by atoms with van der Waals surface area (Å²) in [6.07, 6.45) is 1.57. The molecule has 0 spiro atoms. The molecule has 3 amide bonds. The predicted molar refractivity (Wildman–Crippen MR) is 144 cm³/mol. The van der Waals surface area contributed by atoms with Crippen molar-refractivity contribution >= 4 is 28.5 Å². The number of nitrogens with zero attached hydrogens (tertiary/aromatic N) is 3. The lowest BCUT2D eigenvalue weighted by atomic mass is 10.0. The summed E-state index contributed by atoms with van der Waals surface area (Å²) in [6, 6.07) is 12.5. The van der Waals surface area contributed by atoms with E-state index in [1.165, 1.54) is 9.47 Å². The number of hydrogen-bond acceptors (Lipinski definition) is 5. The number of aliphatic hydroxyl groups excluding tert-OH is 1. The van der Waals surface area contributed by atoms with E-state index in [0.29, 0.717) is 47.6 Å². The van der Waals surface area contributed by atoms with Gasteiger partial charge in [-0.1, -0.05) is 18.2 Å². The van der Waals surface area contributed by atoms with Gasteiger partial charge in [0.1, 0.15) is 0 Å².